The van der Waals surface area contributed by atoms with E-state index in [9.17, 15) is 9.59 Å². The number of rotatable bonds is 6. The van der Waals surface area contributed by atoms with Crippen LogP contribution in [0.1, 0.15) is 25.5 Å². The van der Waals surface area contributed by atoms with Crippen LogP contribution in [0.2, 0.25) is 0 Å². The summed E-state index contributed by atoms with van der Waals surface area (Å²) in [6.45, 7) is 3.91. The fraction of sp³-hybridized carbons (Fsp3) is 0.615. The molecule has 0 aliphatic carbocycles. The first-order chi connectivity index (χ1) is 9.61. The van der Waals surface area contributed by atoms with Gasteiger partial charge < -0.3 is 14.6 Å². The highest BCUT2D eigenvalue weighted by molar-refractivity contribution is 7.99. The van der Waals surface area contributed by atoms with Gasteiger partial charge in [0.2, 0.25) is 5.91 Å². The Labute approximate surface area is 122 Å². The molecule has 0 saturated carbocycles. The summed E-state index contributed by atoms with van der Waals surface area (Å²) >= 11 is 1.16. The van der Waals surface area contributed by atoms with Crippen LogP contribution in [0.25, 0.3) is 0 Å². The number of thioether (sulfide) groups is 1. The Balaban J connectivity index is 2.09. The van der Waals surface area contributed by atoms with Crippen molar-refractivity contribution >= 4 is 23.6 Å². The summed E-state index contributed by atoms with van der Waals surface area (Å²) in [5.41, 5.74) is 0.963. The summed E-state index contributed by atoms with van der Waals surface area (Å²) in [5.74, 6) is -0.834. The molecule has 1 aliphatic rings. The second-order valence-corrected chi connectivity index (χ2v) is 5.68. The van der Waals surface area contributed by atoms with E-state index in [1.165, 1.54) is 0 Å². The molecule has 1 aromatic heterocycles. The number of hydrogen-bond acceptors (Lipinski definition) is 4. The number of aryl methyl sites for hydroxylation is 1. The lowest BCUT2D eigenvalue weighted by Gasteiger charge is -2.17. The lowest BCUT2D eigenvalue weighted by Crippen LogP contribution is -2.31. The Hall–Kier alpha value is -1.50. The fourth-order valence-electron chi connectivity index (χ4n) is 2.29. The van der Waals surface area contributed by atoms with Gasteiger partial charge in [0.05, 0.1) is 5.75 Å². The first-order valence-electron chi connectivity index (χ1n) is 6.78. The van der Waals surface area contributed by atoms with Gasteiger partial charge in [0, 0.05) is 25.0 Å². The standard InChI is InChI=1S/C13H19N3O3S/c1-2-10-7-14-13(20-9-12(18)19)16(10)8-11(17)15-5-3-4-6-15/h7H,2-6,8-9H2,1H3,(H,18,19). The molecule has 0 spiro atoms. The van der Waals surface area contributed by atoms with Crippen LogP contribution in [0.4, 0.5) is 0 Å². The number of amides is 1. The number of carbonyl (C=O) groups is 2. The molecule has 2 rings (SSSR count). The summed E-state index contributed by atoms with van der Waals surface area (Å²) in [6, 6.07) is 0. The molecule has 7 heteroatoms. The Morgan fingerprint density at radius 1 is 1.40 bits per heavy atom. The molecule has 0 radical (unpaired) electrons. The topological polar surface area (TPSA) is 75.4 Å². The van der Waals surface area contributed by atoms with Crippen molar-refractivity contribution in [1.29, 1.82) is 0 Å². The highest BCUT2D eigenvalue weighted by Gasteiger charge is 2.20. The molecule has 0 atom stereocenters. The van der Waals surface area contributed by atoms with Crippen molar-refractivity contribution in [2.75, 3.05) is 18.8 Å². The minimum atomic E-state index is -0.881. The lowest BCUT2D eigenvalue weighted by atomic mass is 10.3. The number of carboxylic acid groups (broad SMARTS) is 1. The molecule has 1 aliphatic heterocycles. The monoisotopic (exact) mass is 297 g/mol. The first-order valence-corrected chi connectivity index (χ1v) is 7.77. The molecule has 20 heavy (non-hydrogen) atoms. The maximum absolute atomic E-state index is 12.2. The molecule has 1 saturated heterocycles. The van der Waals surface area contributed by atoms with Crippen LogP contribution in [0, 0.1) is 0 Å². The van der Waals surface area contributed by atoms with Crippen LogP contribution in [-0.2, 0) is 22.6 Å². The van der Waals surface area contributed by atoms with Crippen LogP contribution in [0.5, 0.6) is 0 Å². The van der Waals surface area contributed by atoms with Crippen molar-refractivity contribution in [2.24, 2.45) is 0 Å². The summed E-state index contributed by atoms with van der Waals surface area (Å²) in [5, 5.41) is 9.36. The second-order valence-electron chi connectivity index (χ2n) is 4.74. The molecule has 110 valence electrons. The number of aromatic nitrogens is 2. The van der Waals surface area contributed by atoms with Crippen molar-refractivity contribution < 1.29 is 14.7 Å². The van der Waals surface area contributed by atoms with Crippen molar-refractivity contribution in [2.45, 2.75) is 37.9 Å². The molecule has 2 heterocycles. The molecule has 0 aromatic carbocycles. The van der Waals surface area contributed by atoms with Gasteiger partial charge in [-0.15, -0.1) is 0 Å². The summed E-state index contributed by atoms with van der Waals surface area (Å²) in [6.07, 6.45) is 4.63. The smallest absolute Gasteiger partial charge is 0.313 e. The first kappa shape index (κ1) is 14.9. The molecule has 1 aromatic rings. The second kappa shape index (κ2) is 6.78. The van der Waals surface area contributed by atoms with Crippen LogP contribution in [0.15, 0.2) is 11.4 Å². The third-order valence-corrected chi connectivity index (χ3v) is 4.32. The van der Waals surface area contributed by atoms with Crippen LogP contribution < -0.4 is 0 Å². The Bertz CT molecular complexity index is 495. The Morgan fingerprint density at radius 3 is 2.70 bits per heavy atom. The zero-order chi connectivity index (χ0) is 14.5. The van der Waals surface area contributed by atoms with Crippen LogP contribution in [-0.4, -0.2) is 50.3 Å². The number of nitrogens with zero attached hydrogens (tertiary/aromatic N) is 3. The molecule has 0 bridgehead atoms. The van der Waals surface area contributed by atoms with E-state index in [0.717, 1.165) is 49.8 Å². The van der Waals surface area contributed by atoms with Gasteiger partial charge >= 0.3 is 5.97 Å². The van der Waals surface area contributed by atoms with Gasteiger partial charge in [-0.05, 0) is 19.3 Å². The van der Waals surface area contributed by atoms with E-state index in [-0.39, 0.29) is 18.2 Å². The molecular formula is C13H19N3O3S. The normalized spacial score (nSPS) is 14.8. The molecule has 1 amide bonds. The summed E-state index contributed by atoms with van der Waals surface area (Å²) in [7, 11) is 0. The van der Waals surface area contributed by atoms with Gasteiger partial charge in [0.15, 0.2) is 5.16 Å². The third kappa shape index (κ3) is 3.53. The van der Waals surface area contributed by atoms with Crippen LogP contribution in [0.3, 0.4) is 0 Å². The number of carboxylic acids is 1. The minimum Gasteiger partial charge on any atom is -0.481 e. The van der Waals surface area contributed by atoms with Gasteiger partial charge in [-0.25, -0.2) is 4.98 Å². The SMILES string of the molecule is CCc1cnc(SCC(=O)O)n1CC(=O)N1CCCC1. The average molecular weight is 297 g/mol. The van der Waals surface area contributed by atoms with E-state index in [4.69, 9.17) is 5.11 Å². The van der Waals surface area contributed by atoms with E-state index >= 15 is 0 Å². The number of carbonyl (C=O) groups excluding carboxylic acids is 1. The molecule has 1 N–H and O–H groups in total. The Kier molecular flexibility index (Phi) is 5.05. The van der Waals surface area contributed by atoms with Gasteiger partial charge in [0.25, 0.3) is 0 Å². The number of likely N-dealkylation sites (tertiary alicyclic amines) is 1. The minimum absolute atomic E-state index is 0.0436. The lowest BCUT2D eigenvalue weighted by molar-refractivity contribution is -0.134. The van der Waals surface area contributed by atoms with Crippen molar-refractivity contribution in [3.05, 3.63) is 11.9 Å². The van der Waals surface area contributed by atoms with Crippen molar-refractivity contribution in [1.82, 2.24) is 14.5 Å². The predicted octanol–water partition coefficient (Wildman–Crippen LogP) is 1.24. The van der Waals surface area contributed by atoms with E-state index < -0.39 is 5.97 Å². The molecular weight excluding hydrogens is 278 g/mol. The fourth-order valence-corrected chi connectivity index (χ4v) is 3.00. The van der Waals surface area contributed by atoms with Gasteiger partial charge in [-0.2, -0.15) is 0 Å². The summed E-state index contributed by atoms with van der Waals surface area (Å²) in [4.78, 5) is 29.0. The highest BCUT2D eigenvalue weighted by Crippen LogP contribution is 2.20. The van der Waals surface area contributed by atoms with Crippen molar-refractivity contribution in [3.63, 3.8) is 0 Å². The zero-order valence-corrected chi connectivity index (χ0v) is 12.4. The third-order valence-electron chi connectivity index (χ3n) is 3.34. The Morgan fingerprint density at radius 2 is 2.10 bits per heavy atom. The highest BCUT2D eigenvalue weighted by atomic mass is 32.2. The average Bonchev–Trinajstić information content (AvgIpc) is 3.05. The quantitative estimate of drug-likeness (QED) is 0.800. The largest absolute Gasteiger partial charge is 0.481 e. The number of hydrogen-bond donors (Lipinski definition) is 1. The molecule has 1 fully saturated rings. The van der Waals surface area contributed by atoms with Crippen LogP contribution >= 0.6 is 11.8 Å². The maximum Gasteiger partial charge on any atom is 0.313 e. The molecule has 0 unspecified atom stereocenters. The van der Waals surface area contributed by atoms with E-state index in [1.807, 2.05) is 16.4 Å². The zero-order valence-electron chi connectivity index (χ0n) is 11.5. The number of imidazole rings is 1. The van der Waals surface area contributed by atoms with E-state index in [0.29, 0.717) is 5.16 Å². The van der Waals surface area contributed by atoms with Crippen molar-refractivity contribution in [3.8, 4) is 0 Å². The van der Waals surface area contributed by atoms with E-state index in [2.05, 4.69) is 4.98 Å². The number of aliphatic carboxylic acids is 1. The van der Waals surface area contributed by atoms with E-state index in [1.54, 1.807) is 6.20 Å². The van der Waals surface area contributed by atoms with Gasteiger partial charge in [0.1, 0.15) is 6.54 Å². The summed E-state index contributed by atoms with van der Waals surface area (Å²) < 4.78 is 1.84. The predicted molar refractivity (Wildman–Crippen MR) is 75.8 cm³/mol. The molecule has 6 nitrogen and oxygen atoms in total. The maximum atomic E-state index is 12.2. The van der Waals surface area contributed by atoms with Gasteiger partial charge in [-0.3, -0.25) is 9.59 Å². The van der Waals surface area contributed by atoms with Gasteiger partial charge in [-0.1, -0.05) is 18.7 Å².